The molecule has 0 saturated carbocycles. The lowest BCUT2D eigenvalue weighted by Gasteiger charge is -2.07. The summed E-state index contributed by atoms with van der Waals surface area (Å²) in [5.41, 5.74) is 7.12. The smallest absolute Gasteiger partial charge is 0.153 e. The normalized spacial score (nSPS) is 11.1. The lowest BCUT2D eigenvalue weighted by atomic mass is 10.2. The Balaban J connectivity index is 2.11. The van der Waals surface area contributed by atoms with E-state index < -0.39 is 0 Å². The van der Waals surface area contributed by atoms with Crippen LogP contribution in [0.2, 0.25) is 5.02 Å². The second-order valence-electron chi connectivity index (χ2n) is 4.26. The van der Waals surface area contributed by atoms with E-state index in [1.807, 2.05) is 24.3 Å². The first kappa shape index (κ1) is 12.0. The number of nitrogen functional groups attached to an aromatic ring is 1. The average molecular weight is 276 g/mol. The highest BCUT2D eigenvalue weighted by Crippen LogP contribution is 2.24. The molecule has 96 valence electrons. The zero-order chi connectivity index (χ0) is 13.4. The maximum atomic E-state index is 13.8. The van der Waals surface area contributed by atoms with E-state index in [1.165, 1.54) is 6.07 Å². The predicted octanol–water partition coefficient (Wildman–Crippen LogP) is 3.46. The van der Waals surface area contributed by atoms with Crippen molar-refractivity contribution >= 4 is 28.3 Å². The van der Waals surface area contributed by atoms with E-state index in [0.29, 0.717) is 16.4 Å². The molecule has 0 aliphatic rings. The van der Waals surface area contributed by atoms with Crippen LogP contribution in [0.4, 0.5) is 10.2 Å². The van der Waals surface area contributed by atoms with Crippen molar-refractivity contribution in [3.63, 3.8) is 0 Å². The SMILES string of the molecule is Nc1nn(Cc2c(F)cccc2Cl)c2ccccc12. The standard InChI is InChI=1S/C14H11ClFN3/c15-11-5-3-6-12(16)10(11)8-19-13-7-2-1-4-9(13)14(17)18-19/h1-7H,8H2,(H2,17,18). The van der Waals surface area contributed by atoms with Gasteiger partial charge in [-0.2, -0.15) is 5.10 Å². The van der Waals surface area contributed by atoms with Crippen LogP contribution in [0.15, 0.2) is 42.5 Å². The number of halogens is 2. The molecular weight excluding hydrogens is 265 g/mol. The Hall–Kier alpha value is -2.07. The Morgan fingerprint density at radius 3 is 2.74 bits per heavy atom. The van der Waals surface area contributed by atoms with E-state index in [1.54, 1.807) is 16.8 Å². The minimum atomic E-state index is -0.342. The lowest BCUT2D eigenvalue weighted by Crippen LogP contribution is -2.05. The van der Waals surface area contributed by atoms with Crippen molar-refractivity contribution in [3.8, 4) is 0 Å². The van der Waals surface area contributed by atoms with Crippen LogP contribution in [0.3, 0.4) is 0 Å². The summed E-state index contributed by atoms with van der Waals surface area (Å²) in [5, 5.41) is 5.48. The Morgan fingerprint density at radius 1 is 1.16 bits per heavy atom. The summed E-state index contributed by atoms with van der Waals surface area (Å²) in [5.74, 6) is 0.0914. The van der Waals surface area contributed by atoms with Gasteiger partial charge in [0, 0.05) is 16.0 Å². The minimum absolute atomic E-state index is 0.253. The van der Waals surface area contributed by atoms with Gasteiger partial charge in [0.05, 0.1) is 12.1 Å². The number of hydrogen-bond donors (Lipinski definition) is 1. The first-order valence-corrected chi connectivity index (χ1v) is 6.18. The molecule has 0 bridgehead atoms. The molecule has 0 aliphatic carbocycles. The maximum absolute atomic E-state index is 13.8. The summed E-state index contributed by atoms with van der Waals surface area (Å²) >= 11 is 6.03. The molecule has 0 unspecified atom stereocenters. The van der Waals surface area contributed by atoms with Crippen molar-refractivity contribution < 1.29 is 4.39 Å². The van der Waals surface area contributed by atoms with Gasteiger partial charge in [0.2, 0.25) is 0 Å². The van der Waals surface area contributed by atoms with Crippen LogP contribution in [0.25, 0.3) is 10.9 Å². The second-order valence-corrected chi connectivity index (χ2v) is 4.67. The Morgan fingerprint density at radius 2 is 1.95 bits per heavy atom. The number of fused-ring (bicyclic) bond motifs is 1. The van der Waals surface area contributed by atoms with Crippen molar-refractivity contribution in [2.75, 3.05) is 5.73 Å². The van der Waals surface area contributed by atoms with Gasteiger partial charge in [-0.25, -0.2) is 4.39 Å². The van der Waals surface area contributed by atoms with E-state index in [-0.39, 0.29) is 12.4 Å². The number of hydrogen-bond acceptors (Lipinski definition) is 2. The largest absolute Gasteiger partial charge is 0.382 e. The van der Waals surface area contributed by atoms with Crippen LogP contribution >= 0.6 is 11.6 Å². The highest BCUT2D eigenvalue weighted by Gasteiger charge is 2.12. The molecule has 0 fully saturated rings. The zero-order valence-electron chi connectivity index (χ0n) is 9.98. The van der Waals surface area contributed by atoms with Crippen LogP contribution in [0.1, 0.15) is 5.56 Å². The molecule has 3 rings (SSSR count). The molecule has 3 nitrogen and oxygen atoms in total. The first-order chi connectivity index (χ1) is 9.16. The Labute approximate surface area is 114 Å². The molecule has 2 N–H and O–H groups in total. The van der Waals surface area contributed by atoms with E-state index in [0.717, 1.165) is 10.9 Å². The lowest BCUT2D eigenvalue weighted by molar-refractivity contribution is 0.591. The van der Waals surface area contributed by atoms with Crippen LogP contribution < -0.4 is 5.73 Å². The molecule has 0 saturated heterocycles. The molecular formula is C14H11ClFN3. The van der Waals surface area contributed by atoms with Crippen LogP contribution in [-0.2, 0) is 6.54 Å². The number of para-hydroxylation sites is 1. The molecule has 0 atom stereocenters. The van der Waals surface area contributed by atoms with Gasteiger partial charge in [-0.15, -0.1) is 0 Å². The van der Waals surface area contributed by atoms with Crippen LogP contribution in [0.5, 0.6) is 0 Å². The van der Waals surface area contributed by atoms with Crippen molar-refractivity contribution in [1.29, 1.82) is 0 Å². The summed E-state index contributed by atoms with van der Waals surface area (Å²) in [7, 11) is 0. The van der Waals surface area contributed by atoms with Crippen LogP contribution in [-0.4, -0.2) is 9.78 Å². The number of aromatic nitrogens is 2. The molecule has 0 spiro atoms. The summed E-state index contributed by atoms with van der Waals surface area (Å²) in [6, 6.07) is 12.2. The molecule has 2 aromatic carbocycles. The number of benzene rings is 2. The highest BCUT2D eigenvalue weighted by molar-refractivity contribution is 6.31. The van der Waals surface area contributed by atoms with E-state index in [2.05, 4.69) is 5.10 Å². The number of nitrogens with two attached hydrogens (primary N) is 1. The quantitative estimate of drug-likeness (QED) is 0.778. The predicted molar refractivity (Wildman–Crippen MR) is 74.7 cm³/mol. The molecule has 1 aromatic heterocycles. The van der Waals surface area contributed by atoms with E-state index in [9.17, 15) is 4.39 Å². The average Bonchev–Trinajstić information content (AvgIpc) is 2.72. The molecule has 19 heavy (non-hydrogen) atoms. The van der Waals surface area contributed by atoms with Gasteiger partial charge in [-0.3, -0.25) is 4.68 Å². The molecule has 5 heteroatoms. The Kier molecular flexibility index (Phi) is 2.87. The third kappa shape index (κ3) is 2.04. The van der Waals surface area contributed by atoms with Crippen molar-refractivity contribution in [2.24, 2.45) is 0 Å². The maximum Gasteiger partial charge on any atom is 0.153 e. The summed E-state index contributed by atoms with van der Waals surface area (Å²) in [6.07, 6.45) is 0. The summed E-state index contributed by atoms with van der Waals surface area (Å²) in [4.78, 5) is 0. The van der Waals surface area contributed by atoms with Gasteiger partial charge in [0.25, 0.3) is 0 Å². The number of rotatable bonds is 2. The number of anilines is 1. The molecule has 1 heterocycles. The molecule has 3 aromatic rings. The third-order valence-electron chi connectivity index (χ3n) is 3.06. The highest BCUT2D eigenvalue weighted by atomic mass is 35.5. The summed E-state index contributed by atoms with van der Waals surface area (Å²) < 4.78 is 15.4. The first-order valence-electron chi connectivity index (χ1n) is 5.81. The Bertz CT molecular complexity index is 731. The zero-order valence-corrected chi connectivity index (χ0v) is 10.7. The number of nitrogens with zero attached hydrogens (tertiary/aromatic N) is 2. The fourth-order valence-electron chi connectivity index (χ4n) is 2.11. The van der Waals surface area contributed by atoms with Gasteiger partial charge in [-0.1, -0.05) is 29.8 Å². The van der Waals surface area contributed by atoms with Crippen molar-refractivity contribution in [1.82, 2.24) is 9.78 Å². The minimum Gasteiger partial charge on any atom is -0.382 e. The topological polar surface area (TPSA) is 43.8 Å². The monoisotopic (exact) mass is 275 g/mol. The van der Waals surface area contributed by atoms with Crippen molar-refractivity contribution in [2.45, 2.75) is 6.54 Å². The van der Waals surface area contributed by atoms with Gasteiger partial charge in [-0.05, 0) is 24.3 Å². The molecule has 0 amide bonds. The fourth-order valence-corrected chi connectivity index (χ4v) is 2.33. The van der Waals surface area contributed by atoms with Gasteiger partial charge in [0.1, 0.15) is 5.82 Å². The van der Waals surface area contributed by atoms with Crippen molar-refractivity contribution in [3.05, 3.63) is 58.9 Å². The fraction of sp³-hybridized carbons (Fsp3) is 0.0714. The van der Waals surface area contributed by atoms with Gasteiger partial charge < -0.3 is 5.73 Å². The molecule has 0 aliphatic heterocycles. The molecule has 0 radical (unpaired) electrons. The van der Waals surface area contributed by atoms with E-state index >= 15 is 0 Å². The van der Waals surface area contributed by atoms with Gasteiger partial charge >= 0.3 is 0 Å². The van der Waals surface area contributed by atoms with Crippen LogP contribution in [0, 0.1) is 5.82 Å². The summed E-state index contributed by atoms with van der Waals surface area (Å²) in [6.45, 7) is 0.253. The third-order valence-corrected chi connectivity index (χ3v) is 3.41. The van der Waals surface area contributed by atoms with E-state index in [4.69, 9.17) is 17.3 Å². The second kappa shape index (κ2) is 4.55. The van der Waals surface area contributed by atoms with Gasteiger partial charge in [0.15, 0.2) is 5.82 Å².